The van der Waals surface area contributed by atoms with Crippen LogP contribution in [0.2, 0.25) is 0 Å². The lowest BCUT2D eigenvalue weighted by molar-refractivity contribution is 0.435. The van der Waals surface area contributed by atoms with Gasteiger partial charge >= 0.3 is 5.69 Å². The number of hydrogen-bond acceptors (Lipinski definition) is 6. The van der Waals surface area contributed by atoms with Crippen molar-refractivity contribution < 1.29 is 5.11 Å². The largest absolute Gasteiger partial charge is 0.494 e. The molecule has 10 heteroatoms. The highest BCUT2D eigenvalue weighted by atomic mass is 32.2. The Morgan fingerprint density at radius 2 is 1.72 bits per heavy atom. The maximum Gasteiger partial charge on any atom is 0.332 e. The molecule has 0 amide bonds. The molecule has 1 N–H and O–H groups in total. The summed E-state index contributed by atoms with van der Waals surface area (Å²) in [6.45, 7) is 2.30. The summed E-state index contributed by atoms with van der Waals surface area (Å²) in [5, 5.41) is 11.1. The summed E-state index contributed by atoms with van der Waals surface area (Å²) in [6, 6.07) is 9.43. The van der Waals surface area contributed by atoms with E-state index in [1.165, 1.54) is 27.6 Å². The predicted molar refractivity (Wildman–Crippen MR) is 126 cm³/mol. The number of aryl methyl sites for hydroxylation is 1. The minimum absolute atomic E-state index is 0.0615. The molecule has 0 aliphatic rings. The number of benzene rings is 1. The Morgan fingerprint density at radius 1 is 1.00 bits per heavy atom. The molecule has 168 valence electrons. The zero-order valence-corrected chi connectivity index (χ0v) is 19.1. The SMILES string of the molecule is CCCSCCc1c(O)n2c3c(=O)n(C)c(=O)n(C)c3nc2n(Cc2ccccc2)c1=O. The van der Waals surface area contributed by atoms with E-state index in [-0.39, 0.29) is 40.5 Å². The molecule has 0 aliphatic heterocycles. The third-order valence-electron chi connectivity index (χ3n) is 5.49. The molecule has 0 unspecified atom stereocenters. The molecule has 0 fully saturated rings. The van der Waals surface area contributed by atoms with Crippen molar-refractivity contribution in [2.45, 2.75) is 26.3 Å². The van der Waals surface area contributed by atoms with E-state index >= 15 is 0 Å². The lowest BCUT2D eigenvalue weighted by Crippen LogP contribution is -2.37. The van der Waals surface area contributed by atoms with Gasteiger partial charge in [-0.3, -0.25) is 23.3 Å². The molecule has 1 aromatic carbocycles. The van der Waals surface area contributed by atoms with Crippen molar-refractivity contribution >= 4 is 28.7 Å². The summed E-state index contributed by atoms with van der Waals surface area (Å²) >= 11 is 1.70. The standard InChI is InChI=1S/C22H25N5O4S/c1-4-11-32-12-10-15-18(28)26(13-14-8-6-5-7-9-14)21-23-17-16(27(21)19(15)29)20(30)25(3)22(31)24(17)2/h5-9,29H,4,10-13H2,1-3H3. The molecular weight excluding hydrogens is 430 g/mol. The van der Waals surface area contributed by atoms with Crippen molar-refractivity contribution in [2.75, 3.05) is 11.5 Å². The van der Waals surface area contributed by atoms with E-state index in [4.69, 9.17) is 0 Å². The van der Waals surface area contributed by atoms with Crippen LogP contribution in [0, 0.1) is 0 Å². The zero-order chi connectivity index (χ0) is 23.0. The van der Waals surface area contributed by atoms with Crippen LogP contribution >= 0.6 is 11.8 Å². The van der Waals surface area contributed by atoms with Crippen LogP contribution in [0.15, 0.2) is 44.7 Å². The van der Waals surface area contributed by atoms with Gasteiger partial charge in [0.2, 0.25) is 11.7 Å². The number of aromatic nitrogens is 5. The third-order valence-corrected chi connectivity index (χ3v) is 6.68. The van der Waals surface area contributed by atoms with Crippen molar-refractivity contribution in [3.8, 4) is 5.88 Å². The molecule has 3 aromatic heterocycles. The number of aromatic hydroxyl groups is 1. The Morgan fingerprint density at radius 3 is 2.41 bits per heavy atom. The molecule has 32 heavy (non-hydrogen) atoms. The number of rotatable bonds is 7. The Balaban J connectivity index is 2.06. The van der Waals surface area contributed by atoms with Crippen LogP contribution in [0.3, 0.4) is 0 Å². The van der Waals surface area contributed by atoms with Gasteiger partial charge in [0, 0.05) is 14.1 Å². The van der Waals surface area contributed by atoms with E-state index in [0.29, 0.717) is 12.2 Å². The molecule has 4 aromatic rings. The van der Waals surface area contributed by atoms with Crippen molar-refractivity contribution in [1.82, 2.24) is 23.1 Å². The predicted octanol–water partition coefficient (Wildman–Crippen LogP) is 1.49. The van der Waals surface area contributed by atoms with Crippen molar-refractivity contribution in [1.29, 1.82) is 0 Å². The molecule has 0 bridgehead atoms. The quantitative estimate of drug-likeness (QED) is 0.424. The van der Waals surface area contributed by atoms with E-state index in [9.17, 15) is 19.5 Å². The first-order valence-electron chi connectivity index (χ1n) is 10.4. The average molecular weight is 456 g/mol. The highest BCUT2D eigenvalue weighted by molar-refractivity contribution is 7.99. The fourth-order valence-electron chi connectivity index (χ4n) is 3.80. The topological polar surface area (TPSA) is 104 Å². The Labute approximate surface area is 187 Å². The van der Waals surface area contributed by atoms with Crippen molar-refractivity contribution in [2.24, 2.45) is 14.1 Å². The Bertz CT molecular complexity index is 1480. The van der Waals surface area contributed by atoms with E-state index in [1.807, 2.05) is 30.3 Å². The highest BCUT2D eigenvalue weighted by Gasteiger charge is 2.24. The molecule has 0 aliphatic carbocycles. The van der Waals surface area contributed by atoms with E-state index in [0.717, 1.165) is 22.3 Å². The average Bonchev–Trinajstić information content (AvgIpc) is 3.20. The number of hydrogen-bond donors (Lipinski definition) is 1. The molecule has 0 atom stereocenters. The molecule has 3 heterocycles. The van der Waals surface area contributed by atoms with Gasteiger partial charge in [-0.05, 0) is 29.9 Å². The maximum absolute atomic E-state index is 13.4. The van der Waals surface area contributed by atoms with Gasteiger partial charge in [-0.25, -0.2) is 9.20 Å². The van der Waals surface area contributed by atoms with E-state index in [2.05, 4.69) is 11.9 Å². The number of thioether (sulfide) groups is 1. The number of imidazole rings is 1. The number of fused-ring (bicyclic) bond motifs is 3. The fraction of sp³-hybridized carbons (Fsp3) is 0.364. The molecule has 0 radical (unpaired) electrons. The summed E-state index contributed by atoms with van der Waals surface area (Å²) in [6.07, 6.45) is 1.37. The second kappa shape index (κ2) is 8.70. The first-order valence-corrected chi connectivity index (χ1v) is 11.6. The van der Waals surface area contributed by atoms with Crippen molar-refractivity contribution in [3.05, 3.63) is 72.7 Å². The third kappa shape index (κ3) is 3.54. The van der Waals surface area contributed by atoms with E-state index < -0.39 is 11.2 Å². The highest BCUT2D eigenvalue weighted by Crippen LogP contribution is 2.23. The summed E-state index contributed by atoms with van der Waals surface area (Å²) < 4.78 is 4.98. The number of nitrogens with zero attached hydrogens (tertiary/aromatic N) is 5. The van der Waals surface area contributed by atoms with Crippen LogP contribution in [0.5, 0.6) is 5.88 Å². The Hall–Kier alpha value is -3.27. The monoisotopic (exact) mass is 455 g/mol. The summed E-state index contributed by atoms with van der Waals surface area (Å²) in [4.78, 5) is 43.3. The van der Waals surface area contributed by atoms with Gasteiger partial charge in [-0.15, -0.1) is 0 Å². The zero-order valence-electron chi connectivity index (χ0n) is 18.2. The van der Waals surface area contributed by atoms with Gasteiger partial charge in [0.1, 0.15) is 0 Å². The lowest BCUT2D eigenvalue weighted by Gasteiger charge is -2.13. The first kappa shape index (κ1) is 21.9. The van der Waals surface area contributed by atoms with Gasteiger partial charge in [-0.1, -0.05) is 37.3 Å². The molecule has 4 rings (SSSR count). The van der Waals surface area contributed by atoms with Crippen LogP contribution in [-0.4, -0.2) is 39.7 Å². The molecule has 0 spiro atoms. The summed E-state index contributed by atoms with van der Waals surface area (Å²) in [5.41, 5.74) is -0.179. The second-order valence-corrected chi connectivity index (χ2v) is 8.89. The van der Waals surface area contributed by atoms with Gasteiger partial charge in [-0.2, -0.15) is 16.7 Å². The van der Waals surface area contributed by atoms with Gasteiger partial charge in [0.15, 0.2) is 11.2 Å². The summed E-state index contributed by atoms with van der Waals surface area (Å²) in [7, 11) is 2.89. The van der Waals surface area contributed by atoms with Gasteiger partial charge < -0.3 is 5.11 Å². The van der Waals surface area contributed by atoms with Gasteiger partial charge in [0.25, 0.3) is 11.1 Å². The molecular formula is C22H25N5O4S. The Kier molecular flexibility index (Phi) is 5.96. The van der Waals surface area contributed by atoms with Crippen LogP contribution in [0.4, 0.5) is 0 Å². The second-order valence-electron chi connectivity index (χ2n) is 7.67. The fourth-order valence-corrected chi connectivity index (χ4v) is 4.64. The maximum atomic E-state index is 13.4. The first-order chi connectivity index (χ1) is 15.4. The van der Waals surface area contributed by atoms with Crippen LogP contribution < -0.4 is 16.8 Å². The minimum Gasteiger partial charge on any atom is -0.494 e. The molecule has 9 nitrogen and oxygen atoms in total. The summed E-state index contributed by atoms with van der Waals surface area (Å²) in [5.74, 6) is 1.44. The lowest BCUT2D eigenvalue weighted by atomic mass is 10.2. The van der Waals surface area contributed by atoms with Crippen LogP contribution in [0.1, 0.15) is 24.5 Å². The van der Waals surface area contributed by atoms with Crippen LogP contribution in [0.25, 0.3) is 16.9 Å². The molecule has 0 saturated heterocycles. The van der Waals surface area contributed by atoms with Gasteiger partial charge in [0.05, 0.1) is 12.1 Å². The van der Waals surface area contributed by atoms with Crippen LogP contribution in [-0.2, 0) is 27.1 Å². The normalized spacial score (nSPS) is 11.6. The van der Waals surface area contributed by atoms with Crippen molar-refractivity contribution in [3.63, 3.8) is 0 Å². The smallest absolute Gasteiger partial charge is 0.332 e. The minimum atomic E-state index is -0.581. The molecule has 0 saturated carbocycles. The van der Waals surface area contributed by atoms with E-state index in [1.54, 1.807) is 11.8 Å².